The Hall–Kier alpha value is -3.47. The molecule has 1 aliphatic heterocycles. The van der Waals surface area contributed by atoms with Crippen LogP contribution in [0.4, 0.5) is 17.3 Å². The molecule has 1 aliphatic rings. The number of hydrogen-bond acceptors (Lipinski definition) is 7. The fourth-order valence-corrected chi connectivity index (χ4v) is 4.26. The Bertz CT molecular complexity index is 1120. The first-order valence-corrected chi connectivity index (χ1v) is 12.2. The lowest BCUT2D eigenvalue weighted by Gasteiger charge is -2.32. The molecule has 11 heteroatoms. The highest BCUT2D eigenvalue weighted by Gasteiger charge is 2.29. The third-order valence-electron chi connectivity index (χ3n) is 6.20. The monoisotopic (exact) mass is 485 g/mol. The third-order valence-corrected chi connectivity index (χ3v) is 6.20. The maximum absolute atomic E-state index is 13.3. The van der Waals surface area contributed by atoms with Crippen molar-refractivity contribution in [1.82, 2.24) is 19.4 Å². The van der Waals surface area contributed by atoms with Crippen molar-refractivity contribution in [1.29, 1.82) is 0 Å². The summed E-state index contributed by atoms with van der Waals surface area (Å²) in [7, 11) is 0. The molecule has 2 aromatic rings. The molecule has 35 heavy (non-hydrogen) atoms. The van der Waals surface area contributed by atoms with E-state index in [4.69, 9.17) is 5.73 Å². The highest BCUT2D eigenvalue weighted by molar-refractivity contribution is 5.97. The molecule has 0 spiro atoms. The predicted molar refractivity (Wildman–Crippen MR) is 135 cm³/mol. The van der Waals surface area contributed by atoms with Crippen molar-refractivity contribution in [2.45, 2.75) is 52.5 Å². The van der Waals surface area contributed by atoms with E-state index in [1.165, 1.54) is 9.47 Å². The van der Waals surface area contributed by atoms with E-state index in [2.05, 4.69) is 15.3 Å². The highest BCUT2D eigenvalue weighted by Crippen LogP contribution is 2.21. The number of nitrogens with one attached hydrogen (secondary N) is 2. The standard InChI is InChI=1S/C24H35N7O4/c1-3-5-13-30(20-21(25)31(12-4-2)24(35)28-23(20)34)19(32)16-29-14-9-17(10-15-29)22(33)27-18-8-6-7-11-26-18/h6-8,11,17H,3-5,9-10,12-16,25H2,1-2H3,(H,26,27,33)(H,28,34,35). The van der Waals surface area contributed by atoms with Gasteiger partial charge in [-0.25, -0.2) is 9.78 Å². The number of carbonyl (C=O) groups is 2. The van der Waals surface area contributed by atoms with Crippen molar-refractivity contribution in [3.8, 4) is 0 Å². The number of amides is 2. The lowest BCUT2D eigenvalue weighted by molar-refractivity contribution is -0.122. The second kappa shape index (κ2) is 12.3. The maximum Gasteiger partial charge on any atom is 0.330 e. The zero-order chi connectivity index (χ0) is 25.4. The summed E-state index contributed by atoms with van der Waals surface area (Å²) in [6.07, 6.45) is 5.03. The summed E-state index contributed by atoms with van der Waals surface area (Å²) in [4.78, 5) is 60.6. The summed E-state index contributed by atoms with van der Waals surface area (Å²) in [5.41, 5.74) is 5.01. The van der Waals surface area contributed by atoms with Crippen LogP contribution in [0.2, 0.25) is 0 Å². The van der Waals surface area contributed by atoms with E-state index in [1.54, 1.807) is 18.3 Å². The molecular weight excluding hydrogens is 450 g/mol. The minimum Gasteiger partial charge on any atom is -0.383 e. The van der Waals surface area contributed by atoms with E-state index in [0.717, 1.165) is 6.42 Å². The number of carbonyl (C=O) groups excluding carboxylic acids is 2. The zero-order valence-corrected chi connectivity index (χ0v) is 20.5. The second-order valence-electron chi connectivity index (χ2n) is 8.80. The van der Waals surface area contributed by atoms with Crippen LogP contribution < -0.4 is 27.2 Å². The summed E-state index contributed by atoms with van der Waals surface area (Å²) >= 11 is 0. The van der Waals surface area contributed by atoms with E-state index in [9.17, 15) is 19.2 Å². The number of aromatic nitrogens is 3. The summed E-state index contributed by atoms with van der Waals surface area (Å²) < 4.78 is 1.30. The van der Waals surface area contributed by atoms with Gasteiger partial charge in [0.05, 0.1) is 6.54 Å². The van der Waals surface area contributed by atoms with Gasteiger partial charge in [-0.15, -0.1) is 0 Å². The molecule has 190 valence electrons. The Labute approximate surface area is 204 Å². The van der Waals surface area contributed by atoms with Gasteiger partial charge < -0.3 is 16.0 Å². The number of H-pyrrole nitrogens is 1. The van der Waals surface area contributed by atoms with Gasteiger partial charge in [0, 0.05) is 25.2 Å². The molecular formula is C24H35N7O4. The summed E-state index contributed by atoms with van der Waals surface area (Å²) in [6.45, 7) is 5.83. The average Bonchev–Trinajstić information content (AvgIpc) is 2.84. The normalized spacial score (nSPS) is 14.6. The summed E-state index contributed by atoms with van der Waals surface area (Å²) in [5.74, 6) is 0.0463. The van der Waals surface area contributed by atoms with Crippen LogP contribution in [0.1, 0.15) is 46.0 Å². The van der Waals surface area contributed by atoms with Gasteiger partial charge in [0.2, 0.25) is 11.8 Å². The van der Waals surface area contributed by atoms with E-state index in [-0.39, 0.29) is 35.8 Å². The fraction of sp³-hybridized carbons (Fsp3) is 0.542. The number of pyridine rings is 1. The van der Waals surface area contributed by atoms with E-state index >= 15 is 0 Å². The van der Waals surface area contributed by atoms with E-state index < -0.39 is 11.2 Å². The lowest BCUT2D eigenvalue weighted by atomic mass is 9.96. The molecule has 1 saturated heterocycles. The number of nitrogen functional groups attached to an aromatic ring is 1. The molecule has 0 bridgehead atoms. The maximum atomic E-state index is 13.3. The number of nitrogens with two attached hydrogens (primary N) is 1. The van der Waals surface area contributed by atoms with Gasteiger partial charge in [-0.1, -0.05) is 26.3 Å². The molecule has 0 aromatic carbocycles. The van der Waals surface area contributed by atoms with Gasteiger partial charge in [-0.2, -0.15) is 0 Å². The summed E-state index contributed by atoms with van der Waals surface area (Å²) in [6, 6.07) is 5.34. The largest absolute Gasteiger partial charge is 0.383 e. The number of nitrogens with zero attached hydrogens (tertiary/aromatic N) is 4. The SMILES string of the molecule is CCCCN(C(=O)CN1CCC(C(=O)Nc2ccccn2)CC1)c1c(N)n(CCC)c(=O)[nH]c1=O. The first-order chi connectivity index (χ1) is 16.8. The van der Waals surface area contributed by atoms with E-state index in [0.29, 0.717) is 57.7 Å². The van der Waals surface area contributed by atoms with Crippen LogP contribution in [-0.2, 0) is 16.1 Å². The molecule has 0 saturated carbocycles. The predicted octanol–water partition coefficient (Wildman–Crippen LogP) is 1.41. The smallest absolute Gasteiger partial charge is 0.330 e. The van der Waals surface area contributed by atoms with Crippen molar-refractivity contribution in [3.05, 3.63) is 45.2 Å². The molecule has 3 heterocycles. The first kappa shape index (κ1) is 26.1. The minimum atomic E-state index is -0.658. The van der Waals surface area contributed by atoms with Crippen molar-refractivity contribution in [2.75, 3.05) is 42.1 Å². The molecule has 3 rings (SSSR count). The van der Waals surface area contributed by atoms with Gasteiger partial charge in [0.25, 0.3) is 5.56 Å². The third kappa shape index (κ3) is 6.56. The van der Waals surface area contributed by atoms with Crippen LogP contribution in [0.15, 0.2) is 34.0 Å². The summed E-state index contributed by atoms with van der Waals surface area (Å²) in [5, 5.41) is 2.84. The average molecular weight is 486 g/mol. The quantitative estimate of drug-likeness (QED) is 0.461. The van der Waals surface area contributed by atoms with Crippen LogP contribution in [0, 0.1) is 5.92 Å². The molecule has 0 radical (unpaired) electrons. The fourth-order valence-electron chi connectivity index (χ4n) is 4.26. The molecule has 2 amide bonds. The van der Waals surface area contributed by atoms with Gasteiger partial charge in [-0.3, -0.25) is 28.8 Å². The van der Waals surface area contributed by atoms with Crippen LogP contribution in [-0.4, -0.2) is 57.4 Å². The van der Waals surface area contributed by atoms with Crippen molar-refractivity contribution < 1.29 is 9.59 Å². The number of unbranched alkanes of at least 4 members (excludes halogenated alkanes) is 1. The number of anilines is 3. The Kier molecular flexibility index (Phi) is 9.18. The molecule has 0 unspecified atom stereocenters. The molecule has 1 fully saturated rings. The van der Waals surface area contributed by atoms with E-state index in [1.807, 2.05) is 24.8 Å². The lowest BCUT2D eigenvalue weighted by Crippen LogP contribution is -2.47. The number of hydrogen-bond donors (Lipinski definition) is 3. The Morgan fingerprint density at radius 1 is 1.20 bits per heavy atom. The number of piperidine rings is 1. The van der Waals surface area contributed by atoms with Crippen molar-refractivity contribution >= 4 is 29.1 Å². The van der Waals surface area contributed by atoms with Gasteiger partial charge in [0.15, 0.2) is 5.69 Å². The van der Waals surface area contributed by atoms with Gasteiger partial charge in [0.1, 0.15) is 11.6 Å². The molecule has 2 aromatic heterocycles. The number of likely N-dealkylation sites (tertiary alicyclic amines) is 1. The zero-order valence-electron chi connectivity index (χ0n) is 20.5. The Balaban J connectivity index is 1.68. The molecule has 11 nitrogen and oxygen atoms in total. The second-order valence-corrected chi connectivity index (χ2v) is 8.80. The van der Waals surface area contributed by atoms with Crippen LogP contribution in [0.3, 0.4) is 0 Å². The molecule has 0 atom stereocenters. The topological polar surface area (TPSA) is 146 Å². The Morgan fingerprint density at radius 3 is 2.57 bits per heavy atom. The molecule has 4 N–H and O–H groups in total. The van der Waals surface area contributed by atoms with Crippen LogP contribution in [0.5, 0.6) is 0 Å². The van der Waals surface area contributed by atoms with Crippen molar-refractivity contribution in [2.24, 2.45) is 5.92 Å². The first-order valence-electron chi connectivity index (χ1n) is 12.2. The number of aromatic amines is 1. The van der Waals surface area contributed by atoms with Crippen LogP contribution >= 0.6 is 0 Å². The van der Waals surface area contributed by atoms with Gasteiger partial charge >= 0.3 is 5.69 Å². The van der Waals surface area contributed by atoms with Crippen LogP contribution in [0.25, 0.3) is 0 Å². The molecule has 0 aliphatic carbocycles. The van der Waals surface area contributed by atoms with Crippen molar-refractivity contribution in [3.63, 3.8) is 0 Å². The number of rotatable bonds is 10. The Morgan fingerprint density at radius 2 is 1.94 bits per heavy atom. The highest BCUT2D eigenvalue weighted by atomic mass is 16.2. The minimum absolute atomic E-state index is 0.00922. The van der Waals surface area contributed by atoms with Gasteiger partial charge in [-0.05, 0) is 50.9 Å².